The number of anilines is 1. The molecule has 0 unspecified atom stereocenters. The third-order valence-corrected chi connectivity index (χ3v) is 3.46. The lowest BCUT2D eigenvalue weighted by Gasteiger charge is -2.15. The van der Waals surface area contributed by atoms with Gasteiger partial charge in [0.05, 0.1) is 0 Å². The number of hydrogen-bond donors (Lipinski definition) is 1. The van der Waals surface area contributed by atoms with Crippen molar-refractivity contribution in [2.45, 2.75) is 19.3 Å². The summed E-state index contributed by atoms with van der Waals surface area (Å²) in [5, 5.41) is 11.2. The van der Waals surface area contributed by atoms with Gasteiger partial charge in [-0.2, -0.15) is 0 Å². The van der Waals surface area contributed by atoms with Gasteiger partial charge in [-0.05, 0) is 12.8 Å². The first-order valence-electron chi connectivity index (χ1n) is 6.78. The maximum atomic E-state index is 11.5. The minimum Gasteiger partial charge on any atom is -0.368 e. The number of carbonyl (C=O) groups excluding carboxylic acids is 1. The Kier molecular flexibility index (Phi) is 3.44. The summed E-state index contributed by atoms with van der Waals surface area (Å²) in [4.78, 5) is 21.7. The van der Waals surface area contributed by atoms with E-state index in [1.54, 1.807) is 11.7 Å². The maximum absolute atomic E-state index is 11.5. The summed E-state index contributed by atoms with van der Waals surface area (Å²) >= 11 is 0. The summed E-state index contributed by atoms with van der Waals surface area (Å²) in [6.07, 6.45) is 4.06. The summed E-state index contributed by atoms with van der Waals surface area (Å²) in [5.74, 6) is 0.958. The standard InChI is InChI=1S/C12H17N7O/c1-18-12-10(16-17-18)11(14-8-15-12)13-5-3-7-19-6-2-4-9(19)20/h8H,2-7H2,1H3,(H,13,14,15). The number of nitrogens with zero attached hydrogens (tertiary/aromatic N) is 6. The highest BCUT2D eigenvalue weighted by molar-refractivity contribution is 5.81. The Morgan fingerprint density at radius 3 is 3.10 bits per heavy atom. The molecule has 0 radical (unpaired) electrons. The molecule has 3 heterocycles. The van der Waals surface area contributed by atoms with Gasteiger partial charge in [0.15, 0.2) is 17.0 Å². The van der Waals surface area contributed by atoms with E-state index >= 15 is 0 Å². The highest BCUT2D eigenvalue weighted by Crippen LogP contribution is 2.15. The molecule has 2 aromatic rings. The third kappa shape index (κ3) is 2.40. The molecular formula is C12H17N7O. The van der Waals surface area contributed by atoms with E-state index in [-0.39, 0.29) is 5.91 Å². The number of carbonyl (C=O) groups is 1. The molecule has 0 aliphatic carbocycles. The second-order valence-corrected chi connectivity index (χ2v) is 4.87. The average molecular weight is 275 g/mol. The van der Waals surface area contributed by atoms with Crippen LogP contribution in [0.15, 0.2) is 6.33 Å². The van der Waals surface area contributed by atoms with Gasteiger partial charge in [0.25, 0.3) is 0 Å². The van der Waals surface area contributed by atoms with E-state index < -0.39 is 0 Å². The Labute approximate surface area is 116 Å². The highest BCUT2D eigenvalue weighted by Gasteiger charge is 2.19. The Bertz CT molecular complexity index is 623. The smallest absolute Gasteiger partial charge is 0.222 e. The van der Waals surface area contributed by atoms with Crippen LogP contribution < -0.4 is 5.32 Å². The molecular weight excluding hydrogens is 258 g/mol. The predicted molar refractivity (Wildman–Crippen MR) is 73.0 cm³/mol. The van der Waals surface area contributed by atoms with E-state index in [9.17, 15) is 4.79 Å². The normalized spacial score (nSPS) is 15.2. The monoisotopic (exact) mass is 275 g/mol. The van der Waals surface area contributed by atoms with E-state index in [0.717, 1.165) is 32.5 Å². The summed E-state index contributed by atoms with van der Waals surface area (Å²) in [7, 11) is 1.80. The van der Waals surface area contributed by atoms with Crippen molar-refractivity contribution in [3.8, 4) is 0 Å². The van der Waals surface area contributed by atoms with Crippen LogP contribution in [0.3, 0.4) is 0 Å². The number of amides is 1. The van der Waals surface area contributed by atoms with Gasteiger partial charge >= 0.3 is 0 Å². The zero-order valence-electron chi connectivity index (χ0n) is 11.4. The molecule has 8 nitrogen and oxygen atoms in total. The minimum absolute atomic E-state index is 0.267. The minimum atomic E-state index is 0.267. The van der Waals surface area contributed by atoms with E-state index in [2.05, 4.69) is 25.6 Å². The zero-order chi connectivity index (χ0) is 13.9. The van der Waals surface area contributed by atoms with Gasteiger partial charge in [0, 0.05) is 33.1 Å². The molecule has 106 valence electrons. The van der Waals surface area contributed by atoms with Crippen molar-refractivity contribution < 1.29 is 4.79 Å². The number of nitrogens with one attached hydrogen (secondary N) is 1. The first kappa shape index (κ1) is 12.8. The van der Waals surface area contributed by atoms with Crippen molar-refractivity contribution in [3.63, 3.8) is 0 Å². The van der Waals surface area contributed by atoms with Gasteiger partial charge in [0.1, 0.15) is 6.33 Å². The van der Waals surface area contributed by atoms with E-state index in [1.807, 2.05) is 4.90 Å². The predicted octanol–water partition coefficient (Wildman–Crippen LogP) is 0.183. The van der Waals surface area contributed by atoms with Crippen LogP contribution in [0.4, 0.5) is 5.82 Å². The van der Waals surface area contributed by atoms with Gasteiger partial charge < -0.3 is 10.2 Å². The molecule has 0 atom stereocenters. The molecule has 0 aromatic carbocycles. The van der Waals surface area contributed by atoms with Crippen molar-refractivity contribution in [2.24, 2.45) is 7.05 Å². The van der Waals surface area contributed by atoms with Crippen LogP contribution in [0.1, 0.15) is 19.3 Å². The van der Waals surface area contributed by atoms with E-state index in [4.69, 9.17) is 0 Å². The average Bonchev–Trinajstić information content (AvgIpc) is 3.03. The van der Waals surface area contributed by atoms with E-state index in [1.165, 1.54) is 6.33 Å². The molecule has 8 heteroatoms. The summed E-state index contributed by atoms with van der Waals surface area (Å²) in [6.45, 7) is 2.42. The summed E-state index contributed by atoms with van der Waals surface area (Å²) in [5.41, 5.74) is 1.38. The SMILES string of the molecule is Cn1nnc2c(NCCCN3CCCC3=O)ncnc21. The van der Waals surface area contributed by atoms with Crippen molar-refractivity contribution in [1.29, 1.82) is 0 Å². The van der Waals surface area contributed by atoms with E-state index in [0.29, 0.717) is 23.4 Å². The topological polar surface area (TPSA) is 88.8 Å². The molecule has 20 heavy (non-hydrogen) atoms. The molecule has 0 saturated carbocycles. The largest absolute Gasteiger partial charge is 0.368 e. The lowest BCUT2D eigenvalue weighted by atomic mass is 10.3. The second-order valence-electron chi connectivity index (χ2n) is 4.87. The van der Waals surface area contributed by atoms with Crippen LogP contribution >= 0.6 is 0 Å². The number of hydrogen-bond acceptors (Lipinski definition) is 6. The Hall–Kier alpha value is -2.25. The lowest BCUT2D eigenvalue weighted by Crippen LogP contribution is -2.27. The van der Waals surface area contributed by atoms with Crippen LogP contribution in [-0.2, 0) is 11.8 Å². The molecule has 2 aromatic heterocycles. The van der Waals surface area contributed by atoms with Gasteiger partial charge in [0.2, 0.25) is 5.91 Å². The Morgan fingerprint density at radius 1 is 1.40 bits per heavy atom. The quantitative estimate of drug-likeness (QED) is 0.783. The van der Waals surface area contributed by atoms with Gasteiger partial charge in [-0.25, -0.2) is 14.6 Å². The third-order valence-electron chi connectivity index (χ3n) is 3.46. The van der Waals surface area contributed by atoms with Crippen LogP contribution in [0, 0.1) is 0 Å². The van der Waals surface area contributed by atoms with Crippen LogP contribution in [0.2, 0.25) is 0 Å². The lowest BCUT2D eigenvalue weighted by molar-refractivity contribution is -0.127. The first-order valence-corrected chi connectivity index (χ1v) is 6.78. The van der Waals surface area contributed by atoms with Crippen molar-refractivity contribution in [1.82, 2.24) is 29.9 Å². The number of fused-ring (bicyclic) bond motifs is 1. The Balaban J connectivity index is 1.56. The molecule has 0 spiro atoms. The molecule has 0 bridgehead atoms. The van der Waals surface area contributed by atoms with Crippen LogP contribution in [0.25, 0.3) is 11.2 Å². The van der Waals surface area contributed by atoms with Crippen LogP contribution in [0.5, 0.6) is 0 Å². The summed E-state index contributed by atoms with van der Waals surface area (Å²) in [6, 6.07) is 0. The fraction of sp³-hybridized carbons (Fsp3) is 0.583. The molecule has 1 aliphatic heterocycles. The first-order chi connectivity index (χ1) is 9.75. The fourth-order valence-electron chi connectivity index (χ4n) is 2.40. The molecule has 1 amide bonds. The van der Waals surface area contributed by atoms with Gasteiger partial charge in [-0.3, -0.25) is 4.79 Å². The highest BCUT2D eigenvalue weighted by atomic mass is 16.2. The van der Waals surface area contributed by atoms with Gasteiger partial charge in [-0.15, -0.1) is 5.10 Å². The van der Waals surface area contributed by atoms with Crippen molar-refractivity contribution in [3.05, 3.63) is 6.33 Å². The number of rotatable bonds is 5. The second kappa shape index (κ2) is 5.40. The zero-order valence-corrected chi connectivity index (χ0v) is 11.4. The molecule has 1 N–H and O–H groups in total. The number of aromatic nitrogens is 5. The van der Waals surface area contributed by atoms with Crippen molar-refractivity contribution >= 4 is 22.9 Å². The summed E-state index contributed by atoms with van der Waals surface area (Å²) < 4.78 is 1.62. The fourth-order valence-corrected chi connectivity index (χ4v) is 2.40. The van der Waals surface area contributed by atoms with Gasteiger partial charge in [-0.1, -0.05) is 5.21 Å². The molecule has 3 rings (SSSR count). The van der Waals surface area contributed by atoms with Crippen molar-refractivity contribution in [2.75, 3.05) is 25.0 Å². The molecule has 1 fully saturated rings. The number of likely N-dealkylation sites (tertiary alicyclic amines) is 1. The molecule has 1 aliphatic rings. The molecule has 1 saturated heterocycles. The maximum Gasteiger partial charge on any atom is 0.222 e. The van der Waals surface area contributed by atoms with Crippen LogP contribution in [-0.4, -0.2) is 55.4 Å². The number of aryl methyl sites for hydroxylation is 1. The Morgan fingerprint density at radius 2 is 2.30 bits per heavy atom.